The van der Waals surface area contributed by atoms with E-state index in [0.29, 0.717) is 12.5 Å². The average Bonchev–Trinajstić information content (AvgIpc) is 2.49. The summed E-state index contributed by atoms with van der Waals surface area (Å²) in [5.74, 6) is 1.45. The van der Waals surface area contributed by atoms with Crippen molar-refractivity contribution >= 4 is 31.9 Å². The quantitative estimate of drug-likeness (QED) is 0.675. The Bertz CT molecular complexity index is 384. The molecule has 1 aromatic carbocycles. The van der Waals surface area contributed by atoms with Gasteiger partial charge in [-0.2, -0.15) is 0 Å². The molecule has 122 valence electrons. The van der Waals surface area contributed by atoms with Crippen LogP contribution in [-0.4, -0.2) is 35.4 Å². The minimum atomic E-state index is 0.161. The molecule has 0 unspecified atom stereocenters. The Morgan fingerprint density at radius 2 is 1.52 bits per heavy atom. The van der Waals surface area contributed by atoms with Gasteiger partial charge in [-0.15, -0.1) is 0 Å². The molecule has 2 atom stereocenters. The van der Waals surface area contributed by atoms with Crippen molar-refractivity contribution < 1.29 is 14.9 Å². The highest BCUT2D eigenvalue weighted by atomic mass is 79.9. The molecule has 0 aromatic heterocycles. The minimum absolute atomic E-state index is 0.161. The van der Waals surface area contributed by atoms with Crippen molar-refractivity contribution in [2.24, 2.45) is 11.8 Å². The normalized spacial score (nSPS) is 13.1. The van der Waals surface area contributed by atoms with Gasteiger partial charge in [-0.05, 0) is 43.0 Å². The third-order valence-corrected chi connectivity index (χ3v) is 5.19. The summed E-state index contributed by atoms with van der Waals surface area (Å²) >= 11 is 6.73. The van der Waals surface area contributed by atoms with E-state index in [-0.39, 0.29) is 19.1 Å². The number of aryl methyl sites for hydroxylation is 2. The largest absolute Gasteiger partial charge is 0.493 e. The number of hydrogen-bond donors (Lipinski definition) is 2. The lowest BCUT2D eigenvalue weighted by molar-refractivity contribution is 0.174. The van der Waals surface area contributed by atoms with Crippen molar-refractivity contribution in [3.05, 3.63) is 27.7 Å². The highest BCUT2D eigenvalue weighted by Gasteiger charge is 2.05. The van der Waals surface area contributed by atoms with Gasteiger partial charge >= 0.3 is 0 Å². The van der Waals surface area contributed by atoms with Gasteiger partial charge in [0.05, 0.1) is 6.61 Å². The summed E-state index contributed by atoms with van der Waals surface area (Å²) in [4.78, 5) is 0. The molecule has 3 nitrogen and oxygen atoms in total. The molecule has 0 radical (unpaired) electrons. The van der Waals surface area contributed by atoms with Crippen LogP contribution >= 0.6 is 31.9 Å². The fourth-order valence-corrected chi connectivity index (χ4v) is 1.76. The standard InChI is InChI=1S/C12H17BrO2.C4H9BrO/c1-8(6-14)7-15-11-4-9(2)12(13)10(3)5-11;1-4(2-5)3-6/h4-5,8,14H,6-7H2,1-3H3;4,6H,2-3H2,1H3/t8-;4-/m01/s1. The van der Waals surface area contributed by atoms with Gasteiger partial charge in [0, 0.05) is 28.9 Å². The van der Waals surface area contributed by atoms with E-state index in [1.165, 1.54) is 11.1 Å². The van der Waals surface area contributed by atoms with Crippen LogP contribution in [0.3, 0.4) is 0 Å². The van der Waals surface area contributed by atoms with Crippen molar-refractivity contribution in [3.63, 3.8) is 0 Å². The Morgan fingerprint density at radius 3 is 1.86 bits per heavy atom. The van der Waals surface area contributed by atoms with Gasteiger partial charge in [0.1, 0.15) is 5.75 Å². The molecular formula is C16H26Br2O3. The Morgan fingerprint density at radius 1 is 1.05 bits per heavy atom. The fraction of sp³-hybridized carbons (Fsp3) is 0.625. The molecule has 0 fully saturated rings. The van der Waals surface area contributed by atoms with Crippen LogP contribution in [0.4, 0.5) is 0 Å². The number of hydrogen-bond acceptors (Lipinski definition) is 3. The van der Waals surface area contributed by atoms with Crippen molar-refractivity contribution in [2.75, 3.05) is 25.2 Å². The van der Waals surface area contributed by atoms with Gasteiger partial charge in [-0.1, -0.05) is 45.7 Å². The molecule has 0 saturated carbocycles. The third kappa shape index (κ3) is 8.81. The second-order valence-electron chi connectivity index (χ2n) is 5.41. The van der Waals surface area contributed by atoms with E-state index in [1.54, 1.807) is 0 Å². The van der Waals surface area contributed by atoms with Crippen LogP contribution in [0.2, 0.25) is 0 Å². The Balaban J connectivity index is 0.000000567. The molecule has 1 rings (SSSR count). The van der Waals surface area contributed by atoms with E-state index in [1.807, 2.05) is 39.8 Å². The summed E-state index contributed by atoms with van der Waals surface area (Å²) in [6.45, 7) is 9.02. The zero-order chi connectivity index (χ0) is 16.4. The zero-order valence-electron chi connectivity index (χ0n) is 13.2. The second-order valence-corrected chi connectivity index (χ2v) is 6.85. The summed E-state index contributed by atoms with van der Waals surface area (Å²) in [5.41, 5.74) is 2.34. The van der Waals surface area contributed by atoms with Crippen LogP contribution in [0.15, 0.2) is 16.6 Å². The van der Waals surface area contributed by atoms with Crippen LogP contribution in [0.1, 0.15) is 25.0 Å². The van der Waals surface area contributed by atoms with E-state index in [2.05, 4.69) is 31.9 Å². The number of ether oxygens (including phenoxy) is 1. The van der Waals surface area contributed by atoms with Crippen LogP contribution < -0.4 is 4.74 Å². The first-order valence-electron chi connectivity index (χ1n) is 7.02. The molecular weight excluding hydrogens is 400 g/mol. The van der Waals surface area contributed by atoms with E-state index in [0.717, 1.165) is 15.6 Å². The van der Waals surface area contributed by atoms with Gasteiger partial charge in [0.15, 0.2) is 0 Å². The number of rotatable bonds is 6. The lowest BCUT2D eigenvalue weighted by atomic mass is 10.1. The van der Waals surface area contributed by atoms with Gasteiger partial charge in [0.2, 0.25) is 0 Å². The predicted octanol–water partition coefficient (Wildman–Crippen LogP) is 4.08. The van der Waals surface area contributed by atoms with Gasteiger partial charge in [0.25, 0.3) is 0 Å². The summed E-state index contributed by atoms with van der Waals surface area (Å²) < 4.78 is 6.72. The number of alkyl halides is 1. The average molecular weight is 426 g/mol. The van der Waals surface area contributed by atoms with Crippen LogP contribution in [0.25, 0.3) is 0 Å². The van der Waals surface area contributed by atoms with E-state index >= 15 is 0 Å². The van der Waals surface area contributed by atoms with E-state index < -0.39 is 0 Å². The molecule has 2 N–H and O–H groups in total. The first-order valence-corrected chi connectivity index (χ1v) is 8.94. The molecule has 0 heterocycles. The number of aliphatic hydroxyl groups is 2. The Labute approximate surface area is 145 Å². The zero-order valence-corrected chi connectivity index (χ0v) is 16.4. The minimum Gasteiger partial charge on any atom is -0.493 e. The molecule has 0 saturated heterocycles. The van der Waals surface area contributed by atoms with Crippen molar-refractivity contribution in [3.8, 4) is 5.75 Å². The number of benzene rings is 1. The molecule has 1 aromatic rings. The van der Waals surface area contributed by atoms with Crippen molar-refractivity contribution in [2.45, 2.75) is 27.7 Å². The van der Waals surface area contributed by atoms with Crippen LogP contribution in [0, 0.1) is 25.7 Å². The second kappa shape index (κ2) is 11.5. The predicted molar refractivity (Wildman–Crippen MR) is 95.4 cm³/mol. The highest BCUT2D eigenvalue weighted by Crippen LogP contribution is 2.26. The molecule has 0 aliphatic carbocycles. The maximum atomic E-state index is 8.88. The van der Waals surface area contributed by atoms with Crippen molar-refractivity contribution in [1.82, 2.24) is 0 Å². The SMILES string of the molecule is C[C@@H](CO)CBr.Cc1cc(OC[C@@H](C)CO)cc(C)c1Br. The number of halogens is 2. The summed E-state index contributed by atoms with van der Waals surface area (Å²) in [6.07, 6.45) is 0. The maximum Gasteiger partial charge on any atom is 0.119 e. The Kier molecular flexibility index (Phi) is 11.4. The molecule has 0 bridgehead atoms. The topological polar surface area (TPSA) is 49.7 Å². The monoisotopic (exact) mass is 424 g/mol. The third-order valence-electron chi connectivity index (χ3n) is 2.83. The highest BCUT2D eigenvalue weighted by molar-refractivity contribution is 9.10. The lowest BCUT2D eigenvalue weighted by Crippen LogP contribution is -2.12. The molecule has 5 heteroatoms. The maximum absolute atomic E-state index is 8.88. The summed E-state index contributed by atoms with van der Waals surface area (Å²) in [5, 5.41) is 18.1. The summed E-state index contributed by atoms with van der Waals surface area (Å²) in [7, 11) is 0. The van der Waals surface area contributed by atoms with Gasteiger partial charge in [-0.25, -0.2) is 0 Å². The van der Waals surface area contributed by atoms with E-state index in [4.69, 9.17) is 14.9 Å². The molecule has 0 aliphatic heterocycles. The smallest absolute Gasteiger partial charge is 0.119 e. The van der Waals surface area contributed by atoms with Crippen LogP contribution in [0.5, 0.6) is 5.75 Å². The number of aliphatic hydroxyl groups excluding tert-OH is 2. The molecule has 21 heavy (non-hydrogen) atoms. The fourth-order valence-electron chi connectivity index (χ4n) is 1.33. The Hall–Kier alpha value is -0.100. The summed E-state index contributed by atoms with van der Waals surface area (Å²) in [6, 6.07) is 4.00. The lowest BCUT2D eigenvalue weighted by Gasteiger charge is -2.12. The van der Waals surface area contributed by atoms with Gasteiger partial charge < -0.3 is 14.9 Å². The molecule has 0 amide bonds. The van der Waals surface area contributed by atoms with Crippen LogP contribution in [-0.2, 0) is 0 Å². The first-order chi connectivity index (χ1) is 9.85. The van der Waals surface area contributed by atoms with E-state index in [9.17, 15) is 0 Å². The van der Waals surface area contributed by atoms with Gasteiger partial charge in [-0.3, -0.25) is 0 Å². The molecule has 0 spiro atoms. The van der Waals surface area contributed by atoms with Crippen molar-refractivity contribution in [1.29, 1.82) is 0 Å². The molecule has 0 aliphatic rings. The first kappa shape index (κ1) is 20.9.